The van der Waals surface area contributed by atoms with Crippen LogP contribution in [0.4, 0.5) is 0 Å². The Kier molecular flexibility index (Phi) is 5.53. The van der Waals surface area contributed by atoms with E-state index in [0.29, 0.717) is 0 Å². The van der Waals surface area contributed by atoms with Gasteiger partial charge in [-0.15, -0.1) is 0 Å². The quantitative estimate of drug-likeness (QED) is 0.907. The van der Waals surface area contributed by atoms with Crippen LogP contribution in [0.2, 0.25) is 0 Å². The maximum Gasteiger partial charge on any atom is 0.227 e. The number of carbonyl (C=O) groups excluding carboxylic acids is 1. The van der Waals surface area contributed by atoms with Crippen molar-refractivity contribution in [1.29, 1.82) is 0 Å². The highest BCUT2D eigenvalue weighted by Crippen LogP contribution is 2.20. The lowest BCUT2D eigenvalue weighted by Gasteiger charge is -2.32. The van der Waals surface area contributed by atoms with Crippen LogP contribution in [0.15, 0.2) is 34.9 Å². The van der Waals surface area contributed by atoms with E-state index in [2.05, 4.69) is 15.4 Å². The number of amides is 1. The highest BCUT2D eigenvalue weighted by atomic mass is 16.5. The number of hydrogen-bond donors (Lipinski definition) is 1. The van der Waals surface area contributed by atoms with Crippen LogP contribution in [-0.2, 0) is 11.3 Å². The number of rotatable bonds is 5. The molecular formula is C20H27N3O2. The number of nitrogens with one attached hydrogen (secondary N) is 1. The van der Waals surface area contributed by atoms with E-state index in [4.69, 9.17) is 4.52 Å². The minimum atomic E-state index is -0.110. The fraction of sp³-hybridized carbons (Fsp3) is 0.500. The molecule has 1 aliphatic rings. The summed E-state index contributed by atoms with van der Waals surface area (Å²) in [7, 11) is 0. The second-order valence-electron chi connectivity index (χ2n) is 6.99. The van der Waals surface area contributed by atoms with Crippen LogP contribution in [0, 0.1) is 13.8 Å². The molecule has 1 N–H and O–H groups in total. The molecule has 1 atom stereocenters. The van der Waals surface area contributed by atoms with Gasteiger partial charge in [-0.25, -0.2) is 0 Å². The average molecular weight is 341 g/mol. The normalized spacial score (nSPS) is 17.4. The Bertz CT molecular complexity index is 683. The number of carbonyl (C=O) groups is 1. The number of hydrogen-bond acceptors (Lipinski definition) is 4. The van der Waals surface area contributed by atoms with Crippen LogP contribution in [0.5, 0.6) is 0 Å². The van der Waals surface area contributed by atoms with Gasteiger partial charge in [-0.1, -0.05) is 35.5 Å². The molecule has 1 saturated heterocycles. The highest BCUT2D eigenvalue weighted by molar-refractivity contribution is 5.83. The van der Waals surface area contributed by atoms with Gasteiger partial charge in [0.25, 0.3) is 0 Å². The van der Waals surface area contributed by atoms with Gasteiger partial charge < -0.3 is 9.84 Å². The molecule has 5 nitrogen and oxygen atoms in total. The molecule has 1 fully saturated rings. The number of aryl methyl sites for hydroxylation is 2. The molecule has 2 heterocycles. The van der Waals surface area contributed by atoms with E-state index in [1.54, 1.807) is 0 Å². The lowest BCUT2D eigenvalue weighted by molar-refractivity contribution is -0.123. The third kappa shape index (κ3) is 4.28. The van der Waals surface area contributed by atoms with Crippen molar-refractivity contribution in [2.45, 2.75) is 52.1 Å². The standard InChI is InChI=1S/C20H27N3O2/c1-14(17-7-5-4-6-8-17)20(24)21-18-9-11-23(12-10-18)13-19-15(2)22-25-16(19)3/h4-8,14,18H,9-13H2,1-3H3,(H,21,24)/t14-/m1/s1. The third-order valence-corrected chi connectivity index (χ3v) is 5.19. The molecule has 5 heteroatoms. The van der Waals surface area contributed by atoms with E-state index in [9.17, 15) is 4.79 Å². The predicted octanol–water partition coefficient (Wildman–Crippen LogP) is 3.18. The van der Waals surface area contributed by atoms with Gasteiger partial charge in [0.15, 0.2) is 0 Å². The smallest absolute Gasteiger partial charge is 0.227 e. The summed E-state index contributed by atoms with van der Waals surface area (Å²) in [5.41, 5.74) is 3.24. The molecule has 25 heavy (non-hydrogen) atoms. The summed E-state index contributed by atoms with van der Waals surface area (Å²) < 4.78 is 5.25. The molecule has 3 rings (SSSR count). The molecule has 0 unspecified atom stereocenters. The summed E-state index contributed by atoms with van der Waals surface area (Å²) in [6, 6.07) is 10.2. The third-order valence-electron chi connectivity index (χ3n) is 5.19. The van der Waals surface area contributed by atoms with Crippen molar-refractivity contribution in [1.82, 2.24) is 15.4 Å². The van der Waals surface area contributed by atoms with E-state index in [1.807, 2.05) is 51.1 Å². The first-order chi connectivity index (χ1) is 12.0. The predicted molar refractivity (Wildman–Crippen MR) is 97.3 cm³/mol. The molecule has 0 radical (unpaired) electrons. The van der Waals surface area contributed by atoms with E-state index in [-0.39, 0.29) is 17.9 Å². The van der Waals surface area contributed by atoms with Crippen molar-refractivity contribution in [3.8, 4) is 0 Å². The summed E-state index contributed by atoms with van der Waals surface area (Å²) in [6.07, 6.45) is 1.97. The zero-order chi connectivity index (χ0) is 17.8. The van der Waals surface area contributed by atoms with Gasteiger partial charge >= 0.3 is 0 Å². The Morgan fingerprint density at radius 1 is 1.28 bits per heavy atom. The molecule has 2 aromatic rings. The SMILES string of the molecule is Cc1noc(C)c1CN1CCC(NC(=O)[C@H](C)c2ccccc2)CC1. The highest BCUT2D eigenvalue weighted by Gasteiger charge is 2.24. The second-order valence-corrected chi connectivity index (χ2v) is 6.99. The molecule has 1 aliphatic heterocycles. The van der Waals surface area contributed by atoms with Crippen molar-refractivity contribution in [3.63, 3.8) is 0 Å². The number of likely N-dealkylation sites (tertiary alicyclic amines) is 1. The van der Waals surface area contributed by atoms with Gasteiger partial charge in [-0.2, -0.15) is 0 Å². The van der Waals surface area contributed by atoms with Gasteiger partial charge in [0.1, 0.15) is 5.76 Å². The lowest BCUT2D eigenvalue weighted by atomic mass is 9.98. The lowest BCUT2D eigenvalue weighted by Crippen LogP contribution is -2.45. The molecule has 0 bridgehead atoms. The molecule has 134 valence electrons. The number of aromatic nitrogens is 1. The Balaban J connectivity index is 1.48. The van der Waals surface area contributed by atoms with Gasteiger partial charge in [-0.3, -0.25) is 9.69 Å². The minimum absolute atomic E-state index is 0.110. The summed E-state index contributed by atoms with van der Waals surface area (Å²) in [5, 5.41) is 7.25. The summed E-state index contributed by atoms with van der Waals surface area (Å²) >= 11 is 0. The topological polar surface area (TPSA) is 58.4 Å². The van der Waals surface area contributed by atoms with Gasteiger partial charge in [-0.05, 0) is 39.2 Å². The Hall–Kier alpha value is -2.14. The molecule has 0 saturated carbocycles. The van der Waals surface area contributed by atoms with Crippen molar-refractivity contribution in [2.24, 2.45) is 0 Å². The van der Waals surface area contributed by atoms with Crippen molar-refractivity contribution >= 4 is 5.91 Å². The molecule has 1 aromatic heterocycles. The van der Waals surface area contributed by atoms with Crippen molar-refractivity contribution in [2.75, 3.05) is 13.1 Å². The number of nitrogens with zero attached hydrogens (tertiary/aromatic N) is 2. The molecule has 0 spiro atoms. The fourth-order valence-corrected chi connectivity index (χ4v) is 3.41. The minimum Gasteiger partial charge on any atom is -0.361 e. The number of piperidine rings is 1. The zero-order valence-electron chi connectivity index (χ0n) is 15.3. The Labute approximate surface area is 149 Å². The van der Waals surface area contributed by atoms with Crippen LogP contribution >= 0.6 is 0 Å². The molecular weight excluding hydrogens is 314 g/mol. The maximum atomic E-state index is 12.5. The van der Waals surface area contributed by atoms with Crippen molar-refractivity contribution in [3.05, 3.63) is 52.9 Å². The summed E-state index contributed by atoms with van der Waals surface area (Å²) in [5.74, 6) is 0.918. The first kappa shape index (κ1) is 17.7. The van der Waals surface area contributed by atoms with E-state index < -0.39 is 0 Å². The monoisotopic (exact) mass is 341 g/mol. The van der Waals surface area contributed by atoms with Crippen LogP contribution in [0.1, 0.15) is 48.3 Å². The Morgan fingerprint density at radius 2 is 1.96 bits per heavy atom. The first-order valence-corrected chi connectivity index (χ1v) is 9.04. The fourth-order valence-electron chi connectivity index (χ4n) is 3.41. The molecule has 0 aliphatic carbocycles. The van der Waals surface area contributed by atoms with E-state index in [1.165, 1.54) is 5.56 Å². The van der Waals surface area contributed by atoms with Gasteiger partial charge in [0, 0.05) is 31.2 Å². The summed E-state index contributed by atoms with van der Waals surface area (Å²) in [4.78, 5) is 14.9. The summed E-state index contributed by atoms with van der Waals surface area (Å²) in [6.45, 7) is 8.76. The number of benzene rings is 1. The maximum absolute atomic E-state index is 12.5. The van der Waals surface area contributed by atoms with Gasteiger partial charge in [0.05, 0.1) is 11.6 Å². The van der Waals surface area contributed by atoms with Crippen LogP contribution < -0.4 is 5.32 Å². The van der Waals surface area contributed by atoms with E-state index >= 15 is 0 Å². The average Bonchev–Trinajstić information content (AvgIpc) is 2.95. The largest absolute Gasteiger partial charge is 0.361 e. The first-order valence-electron chi connectivity index (χ1n) is 9.04. The van der Waals surface area contributed by atoms with Gasteiger partial charge in [0.2, 0.25) is 5.91 Å². The Morgan fingerprint density at radius 3 is 2.56 bits per heavy atom. The van der Waals surface area contributed by atoms with Crippen molar-refractivity contribution < 1.29 is 9.32 Å². The van der Waals surface area contributed by atoms with Crippen LogP contribution in [0.3, 0.4) is 0 Å². The zero-order valence-corrected chi connectivity index (χ0v) is 15.3. The van der Waals surface area contributed by atoms with Crippen LogP contribution in [-0.4, -0.2) is 35.1 Å². The second kappa shape index (κ2) is 7.83. The van der Waals surface area contributed by atoms with Crippen LogP contribution in [0.25, 0.3) is 0 Å². The molecule has 1 amide bonds. The van der Waals surface area contributed by atoms with E-state index in [0.717, 1.165) is 49.5 Å². The molecule has 1 aromatic carbocycles.